The van der Waals surface area contributed by atoms with Crippen molar-refractivity contribution in [3.05, 3.63) is 0 Å². The van der Waals surface area contributed by atoms with Gasteiger partial charge < -0.3 is 0 Å². The Hall–Kier alpha value is 0.365. The van der Waals surface area contributed by atoms with Crippen molar-refractivity contribution in [2.24, 2.45) is 16.7 Å². The van der Waals surface area contributed by atoms with Crippen molar-refractivity contribution in [3.8, 4) is 0 Å². The van der Waals surface area contributed by atoms with Gasteiger partial charge in [-0.3, -0.25) is 0 Å². The van der Waals surface area contributed by atoms with E-state index in [2.05, 4.69) is 20.8 Å². The second-order valence-electron chi connectivity index (χ2n) is 6.47. The van der Waals surface area contributed by atoms with E-state index in [1.165, 1.54) is 19.8 Å². The van der Waals surface area contributed by atoms with Crippen molar-refractivity contribution in [2.75, 3.05) is 7.11 Å². The topological polar surface area (TPSA) is 35.5 Å². The molecule has 2 fully saturated rings. The number of carbonyl (C=O) groups excluding carboxylic acids is 1. The third-order valence-corrected chi connectivity index (χ3v) is 15.1. The minimum absolute atomic E-state index is 0.0644. The zero-order chi connectivity index (χ0) is 12.9. The number of fused-ring (bicyclic) bond motifs is 2. The monoisotopic (exact) mass is 428 g/mol. The van der Waals surface area contributed by atoms with E-state index >= 15 is 0 Å². The van der Waals surface area contributed by atoms with E-state index < -0.39 is 25.0 Å². The number of rotatable bonds is 3. The van der Waals surface area contributed by atoms with Gasteiger partial charge in [-0.15, -0.1) is 0 Å². The van der Waals surface area contributed by atoms with Crippen molar-refractivity contribution in [3.63, 3.8) is 0 Å². The van der Waals surface area contributed by atoms with Gasteiger partial charge in [-0.2, -0.15) is 0 Å². The summed E-state index contributed by atoms with van der Waals surface area (Å²) >= 11 is -1.83. The number of carbonyl (C=O) groups is 1. The fraction of sp³-hybridized carbons (Fsp3) is 0.923. The molecule has 0 aromatic rings. The molecular weight excluding hydrogens is 405 g/mol. The van der Waals surface area contributed by atoms with Crippen LogP contribution in [-0.4, -0.2) is 16.2 Å². The zero-order valence-electron chi connectivity index (χ0n) is 11.6. The van der Waals surface area contributed by atoms with Crippen molar-refractivity contribution in [1.82, 2.24) is 0 Å². The molecule has 17 heavy (non-hydrogen) atoms. The Bertz CT molecular complexity index is 342. The zero-order valence-corrected chi connectivity index (χ0v) is 17.1. The van der Waals surface area contributed by atoms with Gasteiger partial charge in [0.2, 0.25) is 0 Å². The molecule has 3 atom stereocenters. The number of hydrogen-bond acceptors (Lipinski definition) is 3. The van der Waals surface area contributed by atoms with Crippen LogP contribution in [0.4, 0.5) is 0 Å². The Balaban J connectivity index is 2.28. The summed E-state index contributed by atoms with van der Waals surface area (Å²) in [5.74, 6) is 0.621. The van der Waals surface area contributed by atoms with Crippen molar-refractivity contribution < 1.29 is 37.2 Å². The number of methoxy groups -OCH3 is 1. The van der Waals surface area contributed by atoms with Crippen LogP contribution >= 0.6 is 0 Å². The van der Waals surface area contributed by atoms with Gasteiger partial charge in [0.15, 0.2) is 0 Å². The first-order chi connectivity index (χ1) is 7.79. The number of hydrogen-bond donors (Lipinski definition) is 0. The average Bonchev–Trinajstić information content (AvgIpc) is 2.57. The molecule has 2 aliphatic carbocycles. The predicted octanol–water partition coefficient (Wildman–Crippen LogP) is 2.74. The Kier molecular flexibility index (Phi) is 3.40. The fourth-order valence-electron chi connectivity index (χ4n) is 4.20. The van der Waals surface area contributed by atoms with Crippen molar-refractivity contribution >= 4 is 5.97 Å². The Morgan fingerprint density at radius 3 is 2.35 bits per heavy atom. The van der Waals surface area contributed by atoms with Crippen LogP contribution in [0.2, 0.25) is 0 Å². The third kappa shape index (κ3) is 1.72. The molecule has 2 aliphatic rings. The van der Waals surface area contributed by atoms with Crippen LogP contribution in [0, 0.1) is 16.7 Å². The number of ether oxygens (including phenoxy) is 1. The molecule has 0 aromatic heterocycles. The van der Waals surface area contributed by atoms with E-state index in [0.717, 1.165) is 12.3 Å². The van der Waals surface area contributed by atoms with E-state index in [4.69, 9.17) is 7.38 Å². The van der Waals surface area contributed by atoms with Crippen LogP contribution in [0.15, 0.2) is 0 Å². The summed E-state index contributed by atoms with van der Waals surface area (Å²) in [6.07, 6.45) is 3.64. The quantitative estimate of drug-likeness (QED) is 0.651. The molecule has 0 saturated heterocycles. The van der Waals surface area contributed by atoms with Gasteiger partial charge in [-0.1, -0.05) is 0 Å². The molecule has 0 spiro atoms. The molecule has 0 aromatic carbocycles. The first-order valence-electron chi connectivity index (χ1n) is 6.48. The third-order valence-electron chi connectivity index (χ3n) is 5.92. The second kappa shape index (κ2) is 4.19. The molecule has 0 amide bonds. The van der Waals surface area contributed by atoms with Gasteiger partial charge in [0.05, 0.1) is 0 Å². The average molecular weight is 427 g/mol. The molecule has 0 heterocycles. The van der Waals surface area contributed by atoms with E-state index in [1.807, 2.05) is 7.11 Å². The summed E-state index contributed by atoms with van der Waals surface area (Å²) in [4.78, 5) is 11.1. The van der Waals surface area contributed by atoms with Crippen LogP contribution in [0.25, 0.3) is 0 Å². The minimum atomic E-state index is -1.83. The molecule has 4 heteroatoms. The molecule has 2 rings (SSSR count). The van der Waals surface area contributed by atoms with E-state index in [0.29, 0.717) is 5.41 Å². The molecule has 2 saturated carbocycles. The van der Waals surface area contributed by atoms with Crippen LogP contribution in [0.3, 0.4) is 0 Å². The molecule has 3 nitrogen and oxygen atoms in total. The Morgan fingerprint density at radius 2 is 2.00 bits per heavy atom. The van der Waals surface area contributed by atoms with Crippen LogP contribution < -0.4 is 0 Å². The molecule has 94 valence electrons. The fourth-order valence-corrected chi connectivity index (χ4v) is 11.9. The maximum absolute atomic E-state index is 11.1. The van der Waals surface area contributed by atoms with Gasteiger partial charge >= 0.3 is 117 Å². The van der Waals surface area contributed by atoms with Gasteiger partial charge in [0.1, 0.15) is 0 Å². The van der Waals surface area contributed by atoms with Crippen LogP contribution in [0.1, 0.15) is 47.0 Å². The summed E-state index contributed by atoms with van der Waals surface area (Å²) in [7, 11) is 1.81. The van der Waals surface area contributed by atoms with Crippen molar-refractivity contribution in [2.45, 2.75) is 50.1 Å². The van der Waals surface area contributed by atoms with E-state index in [1.54, 1.807) is 0 Å². The van der Waals surface area contributed by atoms with Crippen LogP contribution in [-0.2, 0) is 37.2 Å². The molecule has 0 N–H and O–H groups in total. The van der Waals surface area contributed by atoms with Gasteiger partial charge in [-0.25, -0.2) is 0 Å². The van der Waals surface area contributed by atoms with E-state index in [-0.39, 0.29) is 14.5 Å². The standard InChI is InChI=1S/C11H19O.C2H4O2.Hg/c1-10(2)8-5-6-11(10,3)9(7-8)12-4;1-2(3)4;/h8H,5-7H2,1-4H3;1H3,(H,3,4);/q;;+1/p-1. The van der Waals surface area contributed by atoms with Gasteiger partial charge in [0, 0.05) is 0 Å². The first-order valence-corrected chi connectivity index (χ1v) is 11.5. The van der Waals surface area contributed by atoms with E-state index in [9.17, 15) is 4.79 Å². The van der Waals surface area contributed by atoms with Crippen LogP contribution in [0.5, 0.6) is 0 Å². The predicted molar refractivity (Wildman–Crippen MR) is 60.7 cm³/mol. The summed E-state index contributed by atoms with van der Waals surface area (Å²) < 4.78 is 11.4. The second-order valence-corrected chi connectivity index (χ2v) is 13.2. The Labute approximate surface area is 117 Å². The SMILES string of the molecule is CO[C]1([Hg][O]C(C)=O)CC2CCC1(C)C2(C)C. The Morgan fingerprint density at radius 1 is 1.35 bits per heavy atom. The molecule has 3 unspecified atom stereocenters. The molecular formula is C13H22HgO3. The molecule has 0 radical (unpaired) electrons. The summed E-state index contributed by atoms with van der Waals surface area (Å²) in [5, 5.41) is 0. The summed E-state index contributed by atoms with van der Waals surface area (Å²) in [6, 6.07) is 0. The maximum atomic E-state index is 11.1. The van der Waals surface area contributed by atoms with Crippen molar-refractivity contribution in [1.29, 1.82) is 0 Å². The normalized spacial score (nSPS) is 42.3. The first kappa shape index (κ1) is 13.8. The molecule has 0 aliphatic heterocycles. The molecule has 2 bridgehead atoms. The summed E-state index contributed by atoms with van der Waals surface area (Å²) in [6.45, 7) is 8.61. The van der Waals surface area contributed by atoms with Gasteiger partial charge in [0.25, 0.3) is 0 Å². The van der Waals surface area contributed by atoms with Gasteiger partial charge in [-0.05, 0) is 0 Å². The summed E-state index contributed by atoms with van der Waals surface area (Å²) in [5.41, 5.74) is 0.527.